The summed E-state index contributed by atoms with van der Waals surface area (Å²) in [6.45, 7) is 7.86. The van der Waals surface area contributed by atoms with Crippen LogP contribution in [0.3, 0.4) is 0 Å². The van der Waals surface area contributed by atoms with E-state index < -0.39 is 34.7 Å². The molecule has 4 aromatic rings. The third kappa shape index (κ3) is 11.0. The molecule has 3 N–H and O–H groups in total. The van der Waals surface area contributed by atoms with Crippen molar-refractivity contribution in [3.63, 3.8) is 0 Å². The number of hydrogen-bond donors (Lipinski definition) is 3. The molecule has 1 unspecified atom stereocenters. The Morgan fingerprint density at radius 3 is 2.35 bits per heavy atom. The number of amides is 4. The number of benzene rings is 3. The monoisotopic (exact) mass is 814 g/mol. The Morgan fingerprint density at radius 2 is 1.68 bits per heavy atom. The van der Waals surface area contributed by atoms with E-state index in [2.05, 4.69) is 16.0 Å². The second-order valence-electron chi connectivity index (χ2n) is 13.8. The highest BCUT2D eigenvalue weighted by Gasteiger charge is 2.33. The van der Waals surface area contributed by atoms with Crippen molar-refractivity contribution in [2.45, 2.75) is 62.8 Å². The molecule has 0 bridgehead atoms. The SMILES string of the molecule is CCC(Sc1cccc(NC(=O)/C(=C\c2ccc(OC)cc2OC)NC(=O)c2ccccc2)c1)C(=O)Nc1sc2c(c1C(=O)OC)CCN(C(=O)OC(C)(C)C)C2. The molecule has 13 nitrogen and oxygen atoms in total. The van der Waals surface area contributed by atoms with Gasteiger partial charge in [-0.05, 0) is 87.7 Å². The first-order valence-electron chi connectivity index (χ1n) is 18.1. The van der Waals surface area contributed by atoms with Crippen molar-refractivity contribution < 1.29 is 42.9 Å². The number of nitrogens with one attached hydrogen (secondary N) is 3. The molecule has 0 aliphatic carbocycles. The lowest BCUT2D eigenvalue weighted by Gasteiger charge is -2.30. The van der Waals surface area contributed by atoms with Gasteiger partial charge in [0.25, 0.3) is 11.8 Å². The predicted molar refractivity (Wildman–Crippen MR) is 221 cm³/mol. The minimum absolute atomic E-state index is 0.0366. The van der Waals surface area contributed by atoms with Crippen molar-refractivity contribution in [1.29, 1.82) is 0 Å². The molecule has 3 aromatic carbocycles. The second-order valence-corrected chi connectivity index (χ2v) is 16.2. The minimum atomic E-state index is -0.659. The molecule has 57 heavy (non-hydrogen) atoms. The Hall–Kier alpha value is -5.80. The normalized spacial score (nSPS) is 13.1. The van der Waals surface area contributed by atoms with Crippen molar-refractivity contribution >= 4 is 69.6 Å². The van der Waals surface area contributed by atoms with Gasteiger partial charge in [-0.25, -0.2) is 9.59 Å². The summed E-state index contributed by atoms with van der Waals surface area (Å²) in [5.74, 6) is -0.982. The molecule has 4 amide bonds. The number of ether oxygens (including phenoxy) is 4. The van der Waals surface area contributed by atoms with Gasteiger partial charge in [0.05, 0.1) is 38.7 Å². The van der Waals surface area contributed by atoms with Crippen LogP contribution in [0.2, 0.25) is 0 Å². The van der Waals surface area contributed by atoms with Gasteiger partial charge >= 0.3 is 12.1 Å². The Bertz CT molecular complexity index is 2160. The van der Waals surface area contributed by atoms with Crippen molar-refractivity contribution in [2.24, 2.45) is 0 Å². The zero-order chi connectivity index (χ0) is 41.3. The number of esters is 1. The fourth-order valence-electron chi connectivity index (χ4n) is 5.85. The highest BCUT2D eigenvalue weighted by Crippen LogP contribution is 2.39. The maximum atomic E-state index is 13.8. The summed E-state index contributed by atoms with van der Waals surface area (Å²) in [5.41, 5.74) is 1.65. The van der Waals surface area contributed by atoms with Crippen molar-refractivity contribution in [1.82, 2.24) is 10.2 Å². The summed E-state index contributed by atoms with van der Waals surface area (Å²) >= 11 is 2.53. The van der Waals surface area contributed by atoms with Gasteiger partial charge in [0.2, 0.25) is 5.91 Å². The molecular formula is C42H46N4O9S2. The highest BCUT2D eigenvalue weighted by molar-refractivity contribution is 8.00. The Kier molecular flexibility index (Phi) is 14.0. The molecule has 15 heteroatoms. The third-order valence-corrected chi connectivity index (χ3v) is 11.1. The molecule has 0 saturated heterocycles. The summed E-state index contributed by atoms with van der Waals surface area (Å²) in [4.78, 5) is 69.7. The number of methoxy groups -OCH3 is 3. The first-order chi connectivity index (χ1) is 27.2. The van der Waals surface area contributed by atoms with Crippen LogP contribution in [0.5, 0.6) is 11.5 Å². The Morgan fingerprint density at radius 1 is 0.930 bits per heavy atom. The summed E-state index contributed by atoms with van der Waals surface area (Å²) < 4.78 is 21.5. The van der Waals surface area contributed by atoms with Gasteiger partial charge in [-0.1, -0.05) is 31.2 Å². The van der Waals surface area contributed by atoms with Gasteiger partial charge in [0, 0.05) is 39.2 Å². The quantitative estimate of drug-likeness (QED) is 0.0691. The van der Waals surface area contributed by atoms with Gasteiger partial charge in [0.1, 0.15) is 27.8 Å². The topological polar surface area (TPSA) is 162 Å². The van der Waals surface area contributed by atoms with Crippen LogP contribution in [0.1, 0.15) is 70.8 Å². The number of fused-ring (bicyclic) bond motifs is 1. The molecule has 2 heterocycles. The number of anilines is 2. The lowest BCUT2D eigenvalue weighted by molar-refractivity contribution is -0.116. The highest BCUT2D eigenvalue weighted by atomic mass is 32.2. The van der Waals surface area contributed by atoms with E-state index in [0.717, 1.165) is 10.4 Å². The summed E-state index contributed by atoms with van der Waals surface area (Å²) in [6.07, 6.45) is 1.91. The Balaban J connectivity index is 1.33. The molecule has 5 rings (SSSR count). The van der Waals surface area contributed by atoms with Crippen LogP contribution in [0.4, 0.5) is 15.5 Å². The molecular weight excluding hydrogens is 769 g/mol. The molecule has 0 fully saturated rings. The van der Waals surface area contributed by atoms with Gasteiger partial charge < -0.3 is 39.8 Å². The number of hydrogen-bond acceptors (Lipinski definition) is 11. The zero-order valence-corrected chi connectivity index (χ0v) is 34.5. The molecule has 0 radical (unpaired) electrons. The molecule has 0 saturated carbocycles. The number of carbonyl (C=O) groups excluding carboxylic acids is 5. The molecule has 1 aliphatic heterocycles. The molecule has 300 valence electrons. The van der Waals surface area contributed by atoms with Gasteiger partial charge in [-0.15, -0.1) is 23.1 Å². The lowest BCUT2D eigenvalue weighted by Crippen LogP contribution is -2.39. The average Bonchev–Trinajstić information content (AvgIpc) is 3.56. The number of rotatable bonds is 13. The van der Waals surface area contributed by atoms with Crippen LogP contribution in [0.25, 0.3) is 6.08 Å². The lowest BCUT2D eigenvalue weighted by atomic mass is 10.0. The van der Waals surface area contributed by atoms with E-state index in [4.69, 9.17) is 18.9 Å². The minimum Gasteiger partial charge on any atom is -0.497 e. The van der Waals surface area contributed by atoms with E-state index in [0.29, 0.717) is 57.6 Å². The summed E-state index contributed by atoms with van der Waals surface area (Å²) in [7, 11) is 4.32. The predicted octanol–water partition coefficient (Wildman–Crippen LogP) is 7.76. The molecule has 1 aromatic heterocycles. The van der Waals surface area contributed by atoms with Gasteiger partial charge in [-0.2, -0.15) is 0 Å². The maximum absolute atomic E-state index is 13.8. The van der Waals surface area contributed by atoms with Crippen LogP contribution in [0.15, 0.2) is 83.4 Å². The van der Waals surface area contributed by atoms with Crippen molar-refractivity contribution in [2.75, 3.05) is 38.5 Å². The van der Waals surface area contributed by atoms with E-state index in [9.17, 15) is 24.0 Å². The summed E-state index contributed by atoms with van der Waals surface area (Å²) in [6, 6.07) is 20.6. The fraction of sp³-hybridized carbons (Fsp3) is 0.310. The van der Waals surface area contributed by atoms with Crippen LogP contribution >= 0.6 is 23.1 Å². The maximum Gasteiger partial charge on any atom is 0.410 e. The van der Waals surface area contributed by atoms with Crippen LogP contribution < -0.4 is 25.4 Å². The number of nitrogens with zero attached hydrogens (tertiary/aromatic N) is 1. The van der Waals surface area contributed by atoms with Gasteiger partial charge in [0.15, 0.2) is 0 Å². The molecule has 1 atom stereocenters. The third-order valence-electron chi connectivity index (χ3n) is 8.64. The summed E-state index contributed by atoms with van der Waals surface area (Å²) in [5, 5.41) is 8.34. The molecule has 1 aliphatic rings. The Labute approximate surface area is 340 Å². The first-order valence-corrected chi connectivity index (χ1v) is 19.8. The largest absolute Gasteiger partial charge is 0.497 e. The van der Waals surface area contributed by atoms with E-state index in [1.807, 2.05) is 13.0 Å². The molecule has 0 spiro atoms. The van der Waals surface area contributed by atoms with Crippen LogP contribution in [0, 0.1) is 0 Å². The van der Waals surface area contributed by atoms with Crippen molar-refractivity contribution in [3.8, 4) is 11.5 Å². The van der Waals surface area contributed by atoms with E-state index in [-0.39, 0.29) is 23.7 Å². The first kappa shape index (κ1) is 42.3. The fourth-order valence-corrected chi connectivity index (χ4v) is 8.12. The van der Waals surface area contributed by atoms with Crippen molar-refractivity contribution in [3.05, 3.63) is 106 Å². The second kappa shape index (κ2) is 18.9. The van der Waals surface area contributed by atoms with Crippen LogP contribution in [-0.4, -0.2) is 73.4 Å². The zero-order valence-electron chi connectivity index (χ0n) is 32.8. The van der Waals surface area contributed by atoms with Gasteiger partial charge in [-0.3, -0.25) is 14.4 Å². The standard InChI is InChI=1S/C42H46N4O9S2/c1-8-33(38(49)45-39-35(40(50)54-7)30-19-20-46(24-34(30)57-39)41(51)55-42(2,3)4)56-29-16-12-15-27(22-29)43-37(48)31(44-36(47)25-13-10-9-11-14-25)21-26-17-18-28(52-5)23-32(26)53-6/h9-18,21-23,33H,8,19-20,24H2,1-7H3,(H,43,48)(H,44,47)(H,45,49)/b31-21+. The van der Waals surface area contributed by atoms with E-state index >= 15 is 0 Å². The van der Waals surface area contributed by atoms with E-state index in [1.165, 1.54) is 50.5 Å². The van der Waals surface area contributed by atoms with E-state index in [1.54, 1.807) is 92.4 Å². The number of thiophene rings is 1. The smallest absolute Gasteiger partial charge is 0.410 e. The van der Waals surface area contributed by atoms with Crippen LogP contribution in [-0.2, 0) is 32.0 Å². The number of thioether (sulfide) groups is 1. The average molecular weight is 815 g/mol. The number of carbonyl (C=O) groups is 5.